The Hall–Kier alpha value is -3.18. The number of halogens is 1. The molecule has 4 nitrogen and oxygen atoms in total. The van der Waals surface area contributed by atoms with Gasteiger partial charge in [0.2, 0.25) is 0 Å². The fourth-order valence-electron chi connectivity index (χ4n) is 3.90. The maximum atomic E-state index is 13.1. The van der Waals surface area contributed by atoms with Crippen molar-refractivity contribution in [2.75, 3.05) is 6.54 Å². The van der Waals surface area contributed by atoms with E-state index in [2.05, 4.69) is 15.9 Å². The predicted molar refractivity (Wildman–Crippen MR) is 124 cm³/mol. The van der Waals surface area contributed by atoms with Crippen molar-refractivity contribution in [3.05, 3.63) is 111 Å². The van der Waals surface area contributed by atoms with Crippen molar-refractivity contribution >= 4 is 33.4 Å². The van der Waals surface area contributed by atoms with Crippen LogP contribution in [-0.4, -0.2) is 28.2 Å². The summed E-state index contributed by atoms with van der Waals surface area (Å²) in [6, 6.07) is 24.0. The normalized spacial score (nSPS) is 17.9. The molecule has 3 aromatic rings. The molecule has 3 aromatic carbocycles. The molecule has 1 atom stereocenters. The van der Waals surface area contributed by atoms with Crippen molar-refractivity contribution in [3.63, 3.8) is 0 Å². The lowest BCUT2D eigenvalue weighted by molar-refractivity contribution is -0.139. The molecule has 1 saturated heterocycles. The largest absolute Gasteiger partial charge is 0.507 e. The number of amides is 1. The van der Waals surface area contributed by atoms with E-state index in [0.29, 0.717) is 18.5 Å². The molecule has 0 spiro atoms. The SMILES string of the molecule is Cc1ccc(/C(O)=C2\C(=O)C(=O)N(CCc3ccccc3)C2c2cccc(Br)c2)cc1. The van der Waals surface area contributed by atoms with E-state index in [0.717, 1.165) is 21.2 Å². The number of benzene rings is 3. The Morgan fingerprint density at radius 2 is 1.68 bits per heavy atom. The third kappa shape index (κ3) is 4.32. The van der Waals surface area contributed by atoms with Crippen LogP contribution < -0.4 is 0 Å². The molecule has 0 aromatic heterocycles. The van der Waals surface area contributed by atoms with Crippen molar-refractivity contribution in [2.24, 2.45) is 0 Å². The highest BCUT2D eigenvalue weighted by Gasteiger charge is 2.45. The van der Waals surface area contributed by atoms with Gasteiger partial charge in [-0.2, -0.15) is 0 Å². The van der Waals surface area contributed by atoms with Crippen molar-refractivity contribution in [1.82, 2.24) is 4.90 Å². The molecular formula is C26H22BrNO3. The molecule has 1 aliphatic heterocycles. The highest BCUT2D eigenvalue weighted by atomic mass is 79.9. The number of aliphatic hydroxyl groups is 1. The number of hydrogen-bond donors (Lipinski definition) is 1. The van der Waals surface area contributed by atoms with E-state index in [9.17, 15) is 14.7 Å². The second kappa shape index (κ2) is 8.90. The van der Waals surface area contributed by atoms with Gasteiger partial charge in [0.25, 0.3) is 11.7 Å². The average molecular weight is 476 g/mol. The van der Waals surface area contributed by atoms with Gasteiger partial charge in [0.1, 0.15) is 5.76 Å². The fraction of sp³-hybridized carbons (Fsp3) is 0.154. The summed E-state index contributed by atoms with van der Waals surface area (Å²) in [5, 5.41) is 11.1. The van der Waals surface area contributed by atoms with Crippen LogP contribution in [0.5, 0.6) is 0 Å². The number of Topliss-reactive ketones (excluding diaryl/α,β-unsaturated/α-hetero) is 1. The summed E-state index contributed by atoms with van der Waals surface area (Å²) >= 11 is 3.48. The van der Waals surface area contributed by atoms with Gasteiger partial charge in [0.15, 0.2) is 0 Å². The molecule has 1 unspecified atom stereocenters. The lowest BCUT2D eigenvalue weighted by Gasteiger charge is -2.25. The van der Waals surface area contributed by atoms with Gasteiger partial charge in [-0.25, -0.2) is 0 Å². The smallest absolute Gasteiger partial charge is 0.295 e. The monoisotopic (exact) mass is 475 g/mol. The number of carbonyl (C=O) groups excluding carboxylic acids is 2. The topological polar surface area (TPSA) is 57.6 Å². The summed E-state index contributed by atoms with van der Waals surface area (Å²) in [7, 11) is 0. The van der Waals surface area contributed by atoms with Gasteiger partial charge in [0, 0.05) is 16.6 Å². The molecule has 0 saturated carbocycles. The molecule has 0 aliphatic carbocycles. The van der Waals surface area contributed by atoms with Gasteiger partial charge in [-0.05, 0) is 36.6 Å². The second-order valence-electron chi connectivity index (χ2n) is 7.65. The Balaban J connectivity index is 1.79. The molecule has 1 amide bonds. The van der Waals surface area contributed by atoms with Gasteiger partial charge in [-0.15, -0.1) is 0 Å². The van der Waals surface area contributed by atoms with E-state index in [1.54, 1.807) is 17.0 Å². The first kappa shape index (κ1) is 21.1. The lowest BCUT2D eigenvalue weighted by Crippen LogP contribution is -2.31. The van der Waals surface area contributed by atoms with Crippen molar-refractivity contribution in [1.29, 1.82) is 0 Å². The summed E-state index contributed by atoms with van der Waals surface area (Å²) in [5.41, 5.74) is 3.54. The Morgan fingerprint density at radius 1 is 0.968 bits per heavy atom. The van der Waals surface area contributed by atoms with E-state index in [-0.39, 0.29) is 11.3 Å². The third-order valence-electron chi connectivity index (χ3n) is 5.51. The van der Waals surface area contributed by atoms with Crippen LogP contribution in [0, 0.1) is 6.92 Å². The van der Waals surface area contributed by atoms with E-state index in [1.807, 2.05) is 73.7 Å². The van der Waals surface area contributed by atoms with Crippen LogP contribution in [-0.2, 0) is 16.0 Å². The number of aliphatic hydroxyl groups excluding tert-OH is 1. The van der Waals surface area contributed by atoms with Crippen molar-refractivity contribution < 1.29 is 14.7 Å². The summed E-state index contributed by atoms with van der Waals surface area (Å²) in [5.74, 6) is -1.39. The Morgan fingerprint density at radius 3 is 2.35 bits per heavy atom. The van der Waals surface area contributed by atoms with Crippen LogP contribution in [0.2, 0.25) is 0 Å². The first-order valence-electron chi connectivity index (χ1n) is 10.1. The molecule has 1 N–H and O–H groups in total. The molecule has 1 aliphatic rings. The number of carbonyl (C=O) groups is 2. The van der Waals surface area contributed by atoms with Crippen LogP contribution >= 0.6 is 15.9 Å². The van der Waals surface area contributed by atoms with Gasteiger partial charge in [-0.1, -0.05) is 88.2 Å². The first-order chi connectivity index (χ1) is 15.0. The van der Waals surface area contributed by atoms with Gasteiger partial charge >= 0.3 is 0 Å². The Bertz CT molecular complexity index is 1150. The maximum Gasteiger partial charge on any atom is 0.295 e. The number of hydrogen-bond acceptors (Lipinski definition) is 3. The molecule has 1 fully saturated rings. The Kier molecular flexibility index (Phi) is 6.05. The number of nitrogens with zero attached hydrogens (tertiary/aromatic N) is 1. The van der Waals surface area contributed by atoms with Crippen LogP contribution in [0.3, 0.4) is 0 Å². The predicted octanol–water partition coefficient (Wildman–Crippen LogP) is 5.42. The van der Waals surface area contributed by atoms with E-state index in [1.165, 1.54) is 0 Å². The average Bonchev–Trinajstić information content (AvgIpc) is 3.03. The van der Waals surface area contributed by atoms with E-state index in [4.69, 9.17) is 0 Å². The zero-order valence-corrected chi connectivity index (χ0v) is 18.7. The van der Waals surface area contributed by atoms with Crippen LogP contribution in [0.15, 0.2) is 88.9 Å². The third-order valence-corrected chi connectivity index (χ3v) is 6.01. The molecule has 5 heteroatoms. The lowest BCUT2D eigenvalue weighted by atomic mass is 9.95. The van der Waals surface area contributed by atoms with Crippen molar-refractivity contribution in [2.45, 2.75) is 19.4 Å². The second-order valence-corrected chi connectivity index (χ2v) is 8.56. The highest BCUT2D eigenvalue weighted by Crippen LogP contribution is 2.40. The minimum atomic E-state index is -0.656. The standard InChI is InChI=1S/C26H22BrNO3/c1-17-10-12-19(13-11-17)24(29)22-23(20-8-5-9-21(27)16-20)28(26(31)25(22)30)15-14-18-6-3-2-4-7-18/h2-13,16,23,29H,14-15H2,1H3/b24-22+. The number of likely N-dealkylation sites (tertiary alicyclic amines) is 1. The molecule has 1 heterocycles. The molecular weight excluding hydrogens is 454 g/mol. The zero-order valence-electron chi connectivity index (χ0n) is 17.1. The quantitative estimate of drug-likeness (QED) is 0.304. The summed E-state index contributed by atoms with van der Waals surface area (Å²) < 4.78 is 0.842. The fourth-order valence-corrected chi connectivity index (χ4v) is 4.31. The minimum absolute atomic E-state index is 0.125. The minimum Gasteiger partial charge on any atom is -0.507 e. The van der Waals surface area contributed by atoms with Crippen LogP contribution in [0.25, 0.3) is 5.76 Å². The molecule has 0 bridgehead atoms. The first-order valence-corrected chi connectivity index (χ1v) is 10.9. The summed E-state index contributed by atoms with van der Waals surface area (Å²) in [6.07, 6.45) is 0.614. The highest BCUT2D eigenvalue weighted by molar-refractivity contribution is 9.10. The van der Waals surface area contributed by atoms with Crippen LogP contribution in [0.1, 0.15) is 28.3 Å². The number of ketones is 1. The van der Waals surface area contributed by atoms with Crippen LogP contribution in [0.4, 0.5) is 0 Å². The number of rotatable bonds is 5. The van der Waals surface area contributed by atoms with Gasteiger partial charge in [0.05, 0.1) is 11.6 Å². The van der Waals surface area contributed by atoms with E-state index < -0.39 is 17.7 Å². The Labute approximate surface area is 190 Å². The van der Waals surface area contributed by atoms with E-state index >= 15 is 0 Å². The molecule has 4 rings (SSSR count). The van der Waals surface area contributed by atoms with Gasteiger partial charge < -0.3 is 10.0 Å². The molecule has 0 radical (unpaired) electrons. The maximum absolute atomic E-state index is 13.1. The zero-order chi connectivity index (χ0) is 22.0. The number of aryl methyl sites for hydroxylation is 1. The molecule has 31 heavy (non-hydrogen) atoms. The summed E-state index contributed by atoms with van der Waals surface area (Å²) in [4.78, 5) is 27.6. The van der Waals surface area contributed by atoms with Gasteiger partial charge in [-0.3, -0.25) is 9.59 Å². The summed E-state index contributed by atoms with van der Waals surface area (Å²) in [6.45, 7) is 2.32. The van der Waals surface area contributed by atoms with Crippen molar-refractivity contribution in [3.8, 4) is 0 Å². The molecule has 156 valence electrons.